The van der Waals surface area contributed by atoms with Gasteiger partial charge in [-0.2, -0.15) is 0 Å². The molecule has 0 atom stereocenters. The lowest BCUT2D eigenvalue weighted by Crippen LogP contribution is -2.40. The smallest absolute Gasteiger partial charge is 0.245 e. The number of nitrogens with zero attached hydrogens (tertiary/aromatic N) is 1. The lowest BCUT2D eigenvalue weighted by Gasteiger charge is -2.30. The SMILES string of the molecule is C=CC(=O)N1CCC(C(=O)Nc2cccc(NC(C)=O)c2)CC1. The molecule has 23 heavy (non-hydrogen) atoms. The summed E-state index contributed by atoms with van der Waals surface area (Å²) in [6.45, 7) is 6.04. The number of hydrogen-bond donors (Lipinski definition) is 2. The first-order valence-corrected chi connectivity index (χ1v) is 7.59. The van der Waals surface area contributed by atoms with Crippen molar-refractivity contribution in [1.82, 2.24) is 4.90 Å². The minimum absolute atomic E-state index is 0.0596. The monoisotopic (exact) mass is 315 g/mol. The van der Waals surface area contributed by atoms with Crippen LogP contribution in [0.5, 0.6) is 0 Å². The molecule has 0 bridgehead atoms. The summed E-state index contributed by atoms with van der Waals surface area (Å²) in [5.41, 5.74) is 1.28. The fourth-order valence-electron chi connectivity index (χ4n) is 2.61. The van der Waals surface area contributed by atoms with Crippen LogP contribution in [0.3, 0.4) is 0 Å². The van der Waals surface area contributed by atoms with Gasteiger partial charge in [0.25, 0.3) is 0 Å². The summed E-state index contributed by atoms with van der Waals surface area (Å²) in [4.78, 5) is 36.6. The number of likely N-dealkylation sites (tertiary alicyclic amines) is 1. The maximum absolute atomic E-state index is 12.3. The Hall–Kier alpha value is -2.63. The van der Waals surface area contributed by atoms with Crippen LogP contribution in [0.4, 0.5) is 11.4 Å². The number of piperidine rings is 1. The van der Waals surface area contributed by atoms with Gasteiger partial charge < -0.3 is 15.5 Å². The molecule has 1 aromatic carbocycles. The number of carbonyl (C=O) groups excluding carboxylic acids is 3. The van der Waals surface area contributed by atoms with E-state index in [1.807, 2.05) is 0 Å². The standard InChI is InChI=1S/C17H21N3O3/c1-3-16(22)20-9-7-13(8-10-20)17(23)19-15-6-4-5-14(11-15)18-12(2)21/h3-6,11,13H,1,7-10H2,2H3,(H,18,21)(H,19,23). The molecule has 1 heterocycles. The van der Waals surface area contributed by atoms with Crippen molar-refractivity contribution < 1.29 is 14.4 Å². The second kappa shape index (κ2) is 7.58. The highest BCUT2D eigenvalue weighted by Crippen LogP contribution is 2.21. The Labute approximate surface area is 135 Å². The van der Waals surface area contributed by atoms with Crippen molar-refractivity contribution in [2.24, 2.45) is 5.92 Å². The number of amides is 3. The molecule has 1 aliphatic heterocycles. The Bertz CT molecular complexity index is 619. The predicted molar refractivity (Wildman–Crippen MR) is 88.9 cm³/mol. The van der Waals surface area contributed by atoms with Gasteiger partial charge in [-0.15, -0.1) is 0 Å². The topological polar surface area (TPSA) is 78.5 Å². The second-order valence-electron chi connectivity index (χ2n) is 5.55. The van der Waals surface area contributed by atoms with E-state index in [1.165, 1.54) is 13.0 Å². The van der Waals surface area contributed by atoms with Crippen molar-refractivity contribution in [2.45, 2.75) is 19.8 Å². The van der Waals surface area contributed by atoms with Gasteiger partial charge in [0.2, 0.25) is 17.7 Å². The van der Waals surface area contributed by atoms with Crippen LogP contribution in [0.25, 0.3) is 0 Å². The van der Waals surface area contributed by atoms with Crippen LogP contribution >= 0.6 is 0 Å². The third-order valence-corrected chi connectivity index (χ3v) is 3.80. The Morgan fingerprint density at radius 2 is 1.78 bits per heavy atom. The molecule has 0 aromatic heterocycles. The minimum Gasteiger partial charge on any atom is -0.339 e. The maximum atomic E-state index is 12.3. The molecule has 0 unspecified atom stereocenters. The average molecular weight is 315 g/mol. The predicted octanol–water partition coefficient (Wildman–Crippen LogP) is 2.01. The van der Waals surface area contributed by atoms with Gasteiger partial charge in [-0.1, -0.05) is 12.6 Å². The van der Waals surface area contributed by atoms with E-state index in [-0.39, 0.29) is 23.6 Å². The number of nitrogens with one attached hydrogen (secondary N) is 2. The molecule has 1 aromatic rings. The van der Waals surface area contributed by atoms with Crippen molar-refractivity contribution in [3.05, 3.63) is 36.9 Å². The third kappa shape index (κ3) is 4.67. The fraction of sp³-hybridized carbons (Fsp3) is 0.353. The van der Waals surface area contributed by atoms with E-state index in [1.54, 1.807) is 29.2 Å². The lowest BCUT2D eigenvalue weighted by molar-refractivity contribution is -0.130. The lowest BCUT2D eigenvalue weighted by atomic mass is 9.95. The highest BCUT2D eigenvalue weighted by atomic mass is 16.2. The molecule has 0 saturated carbocycles. The largest absolute Gasteiger partial charge is 0.339 e. The van der Waals surface area contributed by atoms with E-state index in [0.717, 1.165) is 0 Å². The molecule has 1 fully saturated rings. The van der Waals surface area contributed by atoms with Gasteiger partial charge in [-0.05, 0) is 37.1 Å². The molecule has 2 N–H and O–H groups in total. The Kier molecular flexibility index (Phi) is 5.51. The van der Waals surface area contributed by atoms with Gasteiger partial charge in [0.15, 0.2) is 0 Å². The zero-order valence-electron chi connectivity index (χ0n) is 13.2. The van der Waals surface area contributed by atoms with Crippen LogP contribution in [-0.2, 0) is 14.4 Å². The van der Waals surface area contributed by atoms with Gasteiger partial charge in [0, 0.05) is 37.3 Å². The molecule has 6 heteroatoms. The third-order valence-electron chi connectivity index (χ3n) is 3.80. The first-order valence-electron chi connectivity index (χ1n) is 7.59. The number of rotatable bonds is 4. The van der Waals surface area contributed by atoms with Crippen molar-refractivity contribution >= 4 is 29.1 Å². The van der Waals surface area contributed by atoms with Crippen LogP contribution in [0, 0.1) is 5.92 Å². The van der Waals surface area contributed by atoms with E-state index < -0.39 is 0 Å². The molecule has 1 saturated heterocycles. The van der Waals surface area contributed by atoms with Gasteiger partial charge >= 0.3 is 0 Å². The van der Waals surface area contributed by atoms with E-state index in [4.69, 9.17) is 0 Å². The molecule has 3 amide bonds. The first kappa shape index (κ1) is 16.7. The molecule has 122 valence electrons. The number of benzene rings is 1. The fourth-order valence-corrected chi connectivity index (χ4v) is 2.61. The zero-order valence-corrected chi connectivity index (χ0v) is 13.2. The van der Waals surface area contributed by atoms with Gasteiger partial charge in [0.05, 0.1) is 0 Å². The molecule has 0 aliphatic carbocycles. The van der Waals surface area contributed by atoms with E-state index in [0.29, 0.717) is 37.3 Å². The summed E-state index contributed by atoms with van der Waals surface area (Å²) in [6.07, 6.45) is 2.57. The average Bonchev–Trinajstić information content (AvgIpc) is 2.54. The zero-order chi connectivity index (χ0) is 16.8. The molecular weight excluding hydrogens is 294 g/mol. The number of anilines is 2. The Balaban J connectivity index is 1.91. The number of carbonyl (C=O) groups is 3. The molecule has 6 nitrogen and oxygen atoms in total. The Morgan fingerprint density at radius 1 is 1.17 bits per heavy atom. The summed E-state index contributed by atoms with van der Waals surface area (Å²) >= 11 is 0. The second-order valence-corrected chi connectivity index (χ2v) is 5.55. The first-order chi connectivity index (χ1) is 11.0. The molecule has 0 spiro atoms. The highest BCUT2D eigenvalue weighted by Gasteiger charge is 2.26. The highest BCUT2D eigenvalue weighted by molar-refractivity contribution is 5.94. The van der Waals surface area contributed by atoms with Crippen molar-refractivity contribution in [3.63, 3.8) is 0 Å². The summed E-state index contributed by atoms with van der Waals surface area (Å²) < 4.78 is 0. The van der Waals surface area contributed by atoms with Gasteiger partial charge in [0.1, 0.15) is 0 Å². The normalized spacial score (nSPS) is 14.9. The Morgan fingerprint density at radius 3 is 2.35 bits per heavy atom. The van der Waals surface area contributed by atoms with Crippen LogP contribution < -0.4 is 10.6 Å². The van der Waals surface area contributed by atoms with E-state index in [9.17, 15) is 14.4 Å². The summed E-state index contributed by atoms with van der Waals surface area (Å²) in [5.74, 6) is -0.427. The quantitative estimate of drug-likeness (QED) is 0.834. The molecular formula is C17H21N3O3. The van der Waals surface area contributed by atoms with Crippen LogP contribution in [0.15, 0.2) is 36.9 Å². The summed E-state index contributed by atoms with van der Waals surface area (Å²) in [6, 6.07) is 7.03. The van der Waals surface area contributed by atoms with Crippen LogP contribution in [-0.4, -0.2) is 35.7 Å². The van der Waals surface area contributed by atoms with Crippen LogP contribution in [0.1, 0.15) is 19.8 Å². The minimum atomic E-state index is -0.160. The van der Waals surface area contributed by atoms with Crippen molar-refractivity contribution in [1.29, 1.82) is 0 Å². The van der Waals surface area contributed by atoms with Gasteiger partial charge in [-0.25, -0.2) is 0 Å². The van der Waals surface area contributed by atoms with E-state index >= 15 is 0 Å². The maximum Gasteiger partial charge on any atom is 0.245 e. The van der Waals surface area contributed by atoms with Crippen molar-refractivity contribution in [2.75, 3.05) is 23.7 Å². The van der Waals surface area contributed by atoms with Crippen molar-refractivity contribution in [3.8, 4) is 0 Å². The van der Waals surface area contributed by atoms with Crippen LogP contribution in [0.2, 0.25) is 0 Å². The molecule has 2 rings (SSSR count). The number of hydrogen-bond acceptors (Lipinski definition) is 3. The van der Waals surface area contributed by atoms with Gasteiger partial charge in [-0.3, -0.25) is 14.4 Å². The summed E-state index contributed by atoms with van der Waals surface area (Å²) in [5, 5.41) is 5.55. The van der Waals surface area contributed by atoms with E-state index in [2.05, 4.69) is 17.2 Å². The summed E-state index contributed by atoms with van der Waals surface area (Å²) in [7, 11) is 0. The molecule has 0 radical (unpaired) electrons. The molecule has 1 aliphatic rings.